The zero-order valence-corrected chi connectivity index (χ0v) is 18.1. The number of nitrogens with two attached hydrogens (primary N) is 1. The number of amides is 2. The Hall–Kier alpha value is -1.58. The van der Waals surface area contributed by atoms with E-state index in [1.165, 1.54) is 0 Å². The highest BCUT2D eigenvalue weighted by Gasteiger charge is 2.35. The van der Waals surface area contributed by atoms with Crippen molar-refractivity contribution in [1.82, 2.24) is 4.98 Å². The third-order valence-electron chi connectivity index (χ3n) is 3.09. The van der Waals surface area contributed by atoms with Gasteiger partial charge >= 0.3 is 12.2 Å². The number of aromatic nitrogens is 1. The molecule has 0 saturated heterocycles. The molecule has 0 saturated carbocycles. The summed E-state index contributed by atoms with van der Waals surface area (Å²) in [6.07, 6.45) is -1.70. The van der Waals surface area contributed by atoms with E-state index in [1.54, 1.807) is 55.4 Å². The number of anilines is 2. The first-order valence-electron chi connectivity index (χ1n) is 7.82. The van der Waals surface area contributed by atoms with E-state index < -0.39 is 23.4 Å². The fourth-order valence-electron chi connectivity index (χ4n) is 1.84. The maximum atomic E-state index is 12.7. The van der Waals surface area contributed by atoms with E-state index in [0.29, 0.717) is 15.0 Å². The van der Waals surface area contributed by atoms with E-state index in [2.05, 4.69) is 4.98 Å². The van der Waals surface area contributed by atoms with Gasteiger partial charge in [0.2, 0.25) is 0 Å². The molecule has 0 spiro atoms. The predicted molar refractivity (Wildman–Crippen MR) is 106 cm³/mol. The molecule has 0 aliphatic heterocycles. The summed E-state index contributed by atoms with van der Waals surface area (Å²) in [6, 6.07) is 0. The van der Waals surface area contributed by atoms with Crippen LogP contribution in [0.4, 0.5) is 21.1 Å². The summed E-state index contributed by atoms with van der Waals surface area (Å²) in [4.78, 5) is 30.5. The summed E-state index contributed by atoms with van der Waals surface area (Å²) in [5.74, 6) is 0.152. The zero-order chi connectivity index (χ0) is 19.7. The number of halogens is 1. The molecule has 7 nitrogen and oxygen atoms in total. The number of carbonyl (C=O) groups is 2. The number of imide groups is 1. The maximum Gasteiger partial charge on any atom is 0.425 e. The first-order chi connectivity index (χ1) is 11.1. The molecule has 0 fully saturated rings. The van der Waals surface area contributed by atoms with Crippen molar-refractivity contribution in [2.45, 2.75) is 66.6 Å². The molecule has 2 N–H and O–H groups in total. The molecule has 0 radical (unpaired) electrons. The van der Waals surface area contributed by atoms with Gasteiger partial charge in [-0.2, -0.15) is 4.90 Å². The highest BCUT2D eigenvalue weighted by Crippen LogP contribution is 2.30. The van der Waals surface area contributed by atoms with Crippen molar-refractivity contribution in [2.75, 3.05) is 10.6 Å². The summed E-state index contributed by atoms with van der Waals surface area (Å²) in [5, 5.41) is 0. The number of nitrogen functional groups attached to an aromatic ring is 1. The van der Waals surface area contributed by atoms with Crippen LogP contribution in [-0.2, 0) is 9.47 Å². The molecule has 2 amide bonds. The molecular formula is C17H26IN3O4. The molecule has 0 aliphatic carbocycles. The minimum Gasteiger partial charge on any atom is -0.443 e. The van der Waals surface area contributed by atoms with Crippen LogP contribution in [-0.4, -0.2) is 28.4 Å². The highest BCUT2D eigenvalue weighted by molar-refractivity contribution is 14.1. The molecule has 0 bridgehead atoms. The Labute approximate surface area is 162 Å². The van der Waals surface area contributed by atoms with Crippen LogP contribution in [0.1, 0.15) is 52.7 Å². The lowest BCUT2D eigenvalue weighted by atomic mass is 10.1. The van der Waals surface area contributed by atoms with Gasteiger partial charge < -0.3 is 15.2 Å². The fraction of sp³-hybridized carbons (Fsp3) is 0.588. The van der Waals surface area contributed by atoms with Crippen LogP contribution in [0, 0.1) is 17.5 Å². The average molecular weight is 463 g/mol. The Morgan fingerprint density at radius 2 is 1.36 bits per heavy atom. The summed E-state index contributed by atoms with van der Waals surface area (Å²) in [6.45, 7) is 13.9. The van der Waals surface area contributed by atoms with Gasteiger partial charge in [-0.25, -0.2) is 14.6 Å². The van der Waals surface area contributed by atoms with Gasteiger partial charge in [0, 0.05) is 0 Å². The summed E-state index contributed by atoms with van der Waals surface area (Å²) in [7, 11) is 0. The molecule has 1 rings (SSSR count). The molecule has 1 aromatic rings. The number of hydrogen-bond acceptors (Lipinski definition) is 6. The van der Waals surface area contributed by atoms with Gasteiger partial charge in [0.1, 0.15) is 14.9 Å². The van der Waals surface area contributed by atoms with Crippen molar-refractivity contribution >= 4 is 46.3 Å². The molecule has 1 heterocycles. The highest BCUT2D eigenvalue weighted by atomic mass is 127. The Bertz CT molecular complexity index is 663. The maximum absolute atomic E-state index is 12.7. The zero-order valence-electron chi connectivity index (χ0n) is 16.0. The molecule has 140 valence electrons. The van der Waals surface area contributed by atoms with Crippen molar-refractivity contribution in [1.29, 1.82) is 0 Å². The first kappa shape index (κ1) is 21.5. The number of rotatable bonds is 1. The van der Waals surface area contributed by atoms with Crippen molar-refractivity contribution < 1.29 is 19.1 Å². The van der Waals surface area contributed by atoms with Crippen LogP contribution in [0.15, 0.2) is 0 Å². The molecule has 0 aromatic carbocycles. The summed E-state index contributed by atoms with van der Waals surface area (Å²) in [5.41, 5.74) is 6.29. The van der Waals surface area contributed by atoms with E-state index in [1.807, 2.05) is 22.6 Å². The van der Waals surface area contributed by atoms with Gasteiger partial charge in [-0.1, -0.05) is 0 Å². The molecule has 25 heavy (non-hydrogen) atoms. The van der Waals surface area contributed by atoms with Crippen LogP contribution < -0.4 is 10.6 Å². The number of carbonyl (C=O) groups excluding carboxylic acids is 2. The van der Waals surface area contributed by atoms with Crippen molar-refractivity contribution in [3.63, 3.8) is 0 Å². The largest absolute Gasteiger partial charge is 0.443 e. The lowest BCUT2D eigenvalue weighted by Crippen LogP contribution is -2.44. The smallest absolute Gasteiger partial charge is 0.425 e. The van der Waals surface area contributed by atoms with Crippen molar-refractivity contribution in [3.8, 4) is 0 Å². The van der Waals surface area contributed by atoms with Crippen LogP contribution in [0.25, 0.3) is 0 Å². The van der Waals surface area contributed by atoms with E-state index in [-0.39, 0.29) is 5.82 Å². The first-order valence-corrected chi connectivity index (χ1v) is 8.90. The number of nitrogens with zero attached hydrogens (tertiary/aromatic N) is 2. The van der Waals surface area contributed by atoms with Crippen molar-refractivity contribution in [3.05, 3.63) is 14.8 Å². The molecular weight excluding hydrogens is 437 g/mol. The molecule has 0 atom stereocenters. The topological polar surface area (TPSA) is 94.8 Å². The molecule has 0 aliphatic rings. The number of hydrogen-bond donors (Lipinski definition) is 1. The van der Waals surface area contributed by atoms with Gasteiger partial charge in [-0.3, -0.25) is 0 Å². The van der Waals surface area contributed by atoms with Gasteiger partial charge in [-0.15, -0.1) is 0 Å². The van der Waals surface area contributed by atoms with Crippen LogP contribution in [0.5, 0.6) is 0 Å². The van der Waals surface area contributed by atoms with Crippen LogP contribution in [0.2, 0.25) is 0 Å². The normalized spacial score (nSPS) is 11.9. The van der Waals surface area contributed by atoms with Crippen LogP contribution in [0.3, 0.4) is 0 Å². The fourth-order valence-corrected chi connectivity index (χ4v) is 2.47. The monoisotopic (exact) mass is 463 g/mol. The quantitative estimate of drug-likeness (QED) is 0.485. The van der Waals surface area contributed by atoms with E-state index >= 15 is 0 Å². The summed E-state index contributed by atoms with van der Waals surface area (Å²) < 4.78 is 11.2. The second kappa shape index (κ2) is 7.35. The van der Waals surface area contributed by atoms with E-state index in [9.17, 15) is 9.59 Å². The third kappa shape index (κ3) is 5.72. The lowest BCUT2D eigenvalue weighted by molar-refractivity contribution is 0.0428. The van der Waals surface area contributed by atoms with E-state index in [4.69, 9.17) is 15.2 Å². The Kier molecular flexibility index (Phi) is 6.31. The molecule has 8 heteroatoms. The van der Waals surface area contributed by atoms with Crippen LogP contribution >= 0.6 is 22.6 Å². The summed E-state index contributed by atoms with van der Waals surface area (Å²) >= 11 is 1.96. The number of pyridine rings is 1. The Morgan fingerprint density at radius 3 is 1.72 bits per heavy atom. The van der Waals surface area contributed by atoms with E-state index in [0.717, 1.165) is 10.5 Å². The van der Waals surface area contributed by atoms with Crippen molar-refractivity contribution in [2.24, 2.45) is 0 Å². The molecule has 1 aromatic heterocycles. The standard InChI is InChI=1S/C17H26IN3O4/c1-9-10(2)13(20-12(18)11(9)19)21(14(22)24-16(3,4)5)15(23)25-17(6,7)8/h19H2,1-8H3. The van der Waals surface area contributed by atoms with Gasteiger partial charge in [-0.05, 0) is 89.1 Å². The average Bonchev–Trinajstić information content (AvgIpc) is 2.38. The van der Waals surface area contributed by atoms with Gasteiger partial charge in [0.05, 0.1) is 5.69 Å². The predicted octanol–water partition coefficient (Wildman–Crippen LogP) is 4.56. The second-order valence-electron chi connectivity index (χ2n) is 7.69. The SMILES string of the molecule is Cc1c(N(C(=O)OC(C)(C)C)C(=O)OC(C)(C)C)nc(I)c(N)c1C. The third-order valence-corrected chi connectivity index (χ3v) is 3.91. The van der Waals surface area contributed by atoms with Gasteiger partial charge in [0.15, 0.2) is 5.82 Å². The Balaban J connectivity index is 3.47. The number of ether oxygens (including phenoxy) is 2. The second-order valence-corrected chi connectivity index (χ2v) is 8.71. The van der Waals surface area contributed by atoms with Gasteiger partial charge in [0.25, 0.3) is 0 Å². The minimum atomic E-state index is -0.850. The molecule has 0 unspecified atom stereocenters. The lowest BCUT2D eigenvalue weighted by Gasteiger charge is -2.29. The Morgan fingerprint density at radius 1 is 0.960 bits per heavy atom. The minimum absolute atomic E-state index is 0.152.